The maximum absolute atomic E-state index is 9.64. The Bertz CT molecular complexity index is 4140. The first-order valence-electron chi connectivity index (χ1n) is 22.6. The van der Waals surface area contributed by atoms with Crippen LogP contribution < -0.4 is 4.90 Å². The van der Waals surface area contributed by atoms with E-state index in [9.17, 15) is 5.26 Å². The number of para-hydroxylation sites is 2. The highest BCUT2D eigenvalue weighted by Crippen LogP contribution is 2.54. The van der Waals surface area contributed by atoms with Gasteiger partial charge in [-0.3, -0.25) is 0 Å². The highest BCUT2D eigenvalue weighted by molar-refractivity contribution is 7.99. The zero-order valence-electron chi connectivity index (χ0n) is 36.6. The minimum Gasteiger partial charge on any atom is -0.343 e. The van der Waals surface area contributed by atoms with Crippen molar-refractivity contribution in [3.05, 3.63) is 230 Å². The molecule has 0 aliphatic carbocycles. The maximum atomic E-state index is 9.64. The minimum atomic E-state index is 0.657. The summed E-state index contributed by atoms with van der Waals surface area (Å²) in [6, 6.07) is 83.6. The van der Waals surface area contributed by atoms with E-state index >= 15 is 0 Å². The summed E-state index contributed by atoms with van der Waals surface area (Å²) in [4.78, 5) is 4.56. The molecule has 13 rings (SSSR count). The first kappa shape index (κ1) is 38.9. The molecule has 0 bridgehead atoms. The van der Waals surface area contributed by atoms with Crippen LogP contribution in [0.4, 0.5) is 11.4 Å². The maximum Gasteiger partial charge on any atom is 0.0992 e. The quantitative estimate of drug-likeness (QED) is 0.160. The van der Waals surface area contributed by atoms with Gasteiger partial charge in [0, 0.05) is 61.0 Å². The SMILES string of the molecule is CN(c1ccccc1)c1c(-c2ccc3ccccc3c2)c2c(c3cc4ccccc4cc3n2-c2ccccc2)c2c1c1cc3ccccc3cc1n2-c1ccc(Sc2cccc(C#N)c2)cc1. The van der Waals surface area contributed by atoms with E-state index < -0.39 is 0 Å². The van der Waals surface area contributed by atoms with E-state index in [-0.39, 0.29) is 0 Å². The molecule has 0 saturated carbocycles. The molecule has 314 valence electrons. The summed E-state index contributed by atoms with van der Waals surface area (Å²) in [5.41, 5.74) is 12.0. The van der Waals surface area contributed by atoms with Crippen LogP contribution in [-0.2, 0) is 0 Å². The molecule has 13 aromatic rings. The zero-order chi connectivity index (χ0) is 44.6. The Morgan fingerprint density at radius 2 is 0.970 bits per heavy atom. The van der Waals surface area contributed by atoms with Gasteiger partial charge in [0.15, 0.2) is 0 Å². The predicted molar refractivity (Wildman–Crippen MR) is 283 cm³/mol. The lowest BCUT2D eigenvalue weighted by atomic mass is 9.92. The van der Waals surface area contributed by atoms with Gasteiger partial charge >= 0.3 is 0 Å². The Morgan fingerprint density at radius 3 is 1.61 bits per heavy atom. The molecule has 4 nitrogen and oxygen atoms in total. The summed E-state index contributed by atoms with van der Waals surface area (Å²) >= 11 is 1.67. The molecule has 0 fully saturated rings. The van der Waals surface area contributed by atoms with Crippen molar-refractivity contribution < 1.29 is 0 Å². The molecular formula is C62H40N4S. The second-order valence-electron chi connectivity index (χ2n) is 17.3. The zero-order valence-corrected chi connectivity index (χ0v) is 37.4. The van der Waals surface area contributed by atoms with Crippen LogP contribution >= 0.6 is 11.8 Å². The van der Waals surface area contributed by atoms with Gasteiger partial charge in [-0.15, -0.1) is 0 Å². The molecule has 0 N–H and O–H groups in total. The van der Waals surface area contributed by atoms with Gasteiger partial charge in [-0.1, -0.05) is 139 Å². The van der Waals surface area contributed by atoms with Crippen molar-refractivity contribution in [1.29, 1.82) is 5.26 Å². The second kappa shape index (κ2) is 15.6. The van der Waals surface area contributed by atoms with Gasteiger partial charge in [0.05, 0.1) is 39.4 Å². The second-order valence-corrected chi connectivity index (χ2v) is 18.4. The first-order chi connectivity index (χ1) is 33.1. The third kappa shape index (κ3) is 6.30. The third-order valence-electron chi connectivity index (χ3n) is 13.4. The van der Waals surface area contributed by atoms with E-state index in [2.05, 4.69) is 233 Å². The number of hydrogen-bond donors (Lipinski definition) is 0. The Balaban J connectivity index is 1.27. The van der Waals surface area contributed by atoms with E-state index in [0.717, 1.165) is 60.2 Å². The minimum absolute atomic E-state index is 0.657. The molecule has 0 spiro atoms. The molecule has 0 atom stereocenters. The normalized spacial score (nSPS) is 11.7. The molecule has 2 aromatic heterocycles. The molecule has 5 heteroatoms. The van der Waals surface area contributed by atoms with E-state index in [1.54, 1.807) is 11.8 Å². The van der Waals surface area contributed by atoms with Crippen LogP contribution in [-0.4, -0.2) is 16.2 Å². The molecule has 11 aromatic carbocycles. The number of nitriles is 1. The number of rotatable bonds is 7. The molecular weight excluding hydrogens is 833 g/mol. The number of aromatic nitrogens is 2. The van der Waals surface area contributed by atoms with Crippen molar-refractivity contribution in [3.63, 3.8) is 0 Å². The van der Waals surface area contributed by atoms with Gasteiger partial charge in [0.25, 0.3) is 0 Å². The number of fused-ring (bicyclic) bond motifs is 10. The van der Waals surface area contributed by atoms with Gasteiger partial charge in [-0.05, 0) is 135 Å². The predicted octanol–water partition coefficient (Wildman–Crippen LogP) is 16.8. The Morgan fingerprint density at radius 1 is 0.433 bits per heavy atom. The molecule has 0 aliphatic rings. The van der Waals surface area contributed by atoms with Crippen molar-refractivity contribution in [2.75, 3.05) is 11.9 Å². The molecule has 0 unspecified atom stereocenters. The van der Waals surface area contributed by atoms with E-state index in [4.69, 9.17) is 0 Å². The average molecular weight is 873 g/mol. The molecule has 0 aliphatic heterocycles. The monoisotopic (exact) mass is 872 g/mol. The van der Waals surface area contributed by atoms with Crippen LogP contribution in [0.3, 0.4) is 0 Å². The van der Waals surface area contributed by atoms with Crippen LogP contribution in [0.2, 0.25) is 0 Å². The fraction of sp³-hybridized carbons (Fsp3) is 0.0161. The summed E-state index contributed by atoms with van der Waals surface area (Å²) in [5.74, 6) is 0. The number of benzene rings is 11. The van der Waals surface area contributed by atoms with Crippen LogP contribution in [0.1, 0.15) is 5.56 Å². The molecule has 0 amide bonds. The number of hydrogen-bond acceptors (Lipinski definition) is 3. The summed E-state index contributed by atoms with van der Waals surface area (Å²) in [5, 5.41) is 21.6. The molecule has 0 radical (unpaired) electrons. The van der Waals surface area contributed by atoms with Crippen molar-refractivity contribution >= 4 is 99.1 Å². The van der Waals surface area contributed by atoms with E-state index in [1.807, 2.05) is 18.2 Å². The largest absolute Gasteiger partial charge is 0.343 e. The highest BCUT2D eigenvalue weighted by atomic mass is 32.2. The standard InChI is InChI=1S/C62H40N4S/c1-64(48-22-4-2-5-23-48)60-57(47-28-27-41-16-8-9-17-42(41)34-47)61-59(54-36-44-19-11-13-21-46(44)38-56(54)65(61)49-24-6-3-7-25-49)62-58(60)53-35-43-18-10-12-20-45(43)37-55(53)66(62)50-29-31-51(32-30-50)67-52-26-14-15-40(33-52)39-63/h2-38H,1H3. The Labute approximate surface area is 391 Å². The average Bonchev–Trinajstić information content (AvgIpc) is 3.89. The fourth-order valence-electron chi connectivity index (χ4n) is 10.4. The van der Waals surface area contributed by atoms with Crippen molar-refractivity contribution in [1.82, 2.24) is 9.13 Å². The van der Waals surface area contributed by atoms with Gasteiger partial charge < -0.3 is 14.0 Å². The van der Waals surface area contributed by atoms with Gasteiger partial charge in [0.2, 0.25) is 0 Å². The number of anilines is 2. The van der Waals surface area contributed by atoms with Crippen molar-refractivity contribution in [3.8, 4) is 28.6 Å². The summed E-state index contributed by atoms with van der Waals surface area (Å²) in [7, 11) is 2.24. The van der Waals surface area contributed by atoms with Gasteiger partial charge in [-0.2, -0.15) is 5.26 Å². The molecule has 0 saturated heterocycles. The summed E-state index contributed by atoms with van der Waals surface area (Å²) < 4.78 is 5.05. The van der Waals surface area contributed by atoms with Crippen LogP contribution in [0, 0.1) is 11.3 Å². The fourth-order valence-corrected chi connectivity index (χ4v) is 11.3. The summed E-state index contributed by atoms with van der Waals surface area (Å²) in [6.45, 7) is 0. The van der Waals surface area contributed by atoms with E-state index in [1.165, 1.54) is 59.4 Å². The van der Waals surface area contributed by atoms with Crippen LogP contribution in [0.15, 0.2) is 234 Å². The lowest BCUT2D eigenvalue weighted by Crippen LogP contribution is -2.12. The molecule has 2 heterocycles. The topological polar surface area (TPSA) is 36.9 Å². The summed E-state index contributed by atoms with van der Waals surface area (Å²) in [6.07, 6.45) is 0. The first-order valence-corrected chi connectivity index (χ1v) is 23.4. The van der Waals surface area contributed by atoms with E-state index in [0.29, 0.717) is 5.56 Å². The van der Waals surface area contributed by atoms with Gasteiger partial charge in [0.1, 0.15) is 0 Å². The lowest BCUT2D eigenvalue weighted by Gasteiger charge is -2.26. The molecule has 67 heavy (non-hydrogen) atoms. The number of nitrogens with zero attached hydrogens (tertiary/aromatic N) is 4. The highest BCUT2D eigenvalue weighted by Gasteiger charge is 2.31. The Hall–Kier alpha value is -8.56. The van der Waals surface area contributed by atoms with Gasteiger partial charge in [-0.25, -0.2) is 0 Å². The van der Waals surface area contributed by atoms with Crippen LogP contribution in [0.5, 0.6) is 0 Å². The van der Waals surface area contributed by atoms with Crippen molar-refractivity contribution in [2.45, 2.75) is 9.79 Å². The third-order valence-corrected chi connectivity index (χ3v) is 14.4. The smallest absolute Gasteiger partial charge is 0.0992 e. The lowest BCUT2D eigenvalue weighted by molar-refractivity contribution is 1.16. The Kier molecular flexibility index (Phi) is 9.02. The van der Waals surface area contributed by atoms with Crippen molar-refractivity contribution in [2.24, 2.45) is 0 Å². The van der Waals surface area contributed by atoms with Crippen LogP contribution in [0.25, 0.3) is 98.4 Å².